The summed E-state index contributed by atoms with van der Waals surface area (Å²) in [4.78, 5) is 0. The van der Waals surface area contributed by atoms with E-state index in [0.29, 0.717) is 5.25 Å². The standard InChI is InChI=1S/C15H24O2S/c1-11-6-7-12(2)15(10-11)17-8-5-9-18-14(4)13(3)16/h6-7,10,13-14,16H,5,8-9H2,1-4H3. The van der Waals surface area contributed by atoms with Gasteiger partial charge in [0.25, 0.3) is 0 Å². The lowest BCUT2D eigenvalue weighted by Gasteiger charge is -2.14. The van der Waals surface area contributed by atoms with E-state index in [1.54, 1.807) is 11.8 Å². The number of aryl methyl sites for hydroxylation is 2. The second-order valence-electron chi connectivity index (χ2n) is 4.79. The maximum absolute atomic E-state index is 9.37. The number of hydrogen-bond acceptors (Lipinski definition) is 3. The fraction of sp³-hybridized carbons (Fsp3) is 0.600. The van der Waals surface area contributed by atoms with Crippen LogP contribution < -0.4 is 4.74 Å². The van der Waals surface area contributed by atoms with Crippen LogP contribution in [0.25, 0.3) is 0 Å². The number of rotatable bonds is 7. The van der Waals surface area contributed by atoms with Crippen molar-refractivity contribution in [2.45, 2.75) is 45.5 Å². The first-order valence-electron chi connectivity index (χ1n) is 6.50. The number of thioether (sulfide) groups is 1. The number of benzene rings is 1. The van der Waals surface area contributed by atoms with E-state index in [2.05, 4.69) is 39.0 Å². The number of hydrogen-bond donors (Lipinski definition) is 1. The van der Waals surface area contributed by atoms with E-state index < -0.39 is 0 Å². The molecule has 0 aliphatic heterocycles. The van der Waals surface area contributed by atoms with Gasteiger partial charge in [0, 0.05) is 5.25 Å². The third-order valence-electron chi connectivity index (χ3n) is 2.95. The monoisotopic (exact) mass is 268 g/mol. The van der Waals surface area contributed by atoms with E-state index in [9.17, 15) is 5.11 Å². The van der Waals surface area contributed by atoms with Crippen LogP contribution in [0.1, 0.15) is 31.4 Å². The summed E-state index contributed by atoms with van der Waals surface area (Å²) < 4.78 is 5.78. The van der Waals surface area contributed by atoms with Gasteiger partial charge in [-0.25, -0.2) is 0 Å². The minimum absolute atomic E-state index is 0.241. The van der Waals surface area contributed by atoms with Gasteiger partial charge in [0.05, 0.1) is 12.7 Å². The lowest BCUT2D eigenvalue weighted by Crippen LogP contribution is -2.16. The van der Waals surface area contributed by atoms with Crippen LogP contribution in [0.5, 0.6) is 5.75 Å². The first-order chi connectivity index (χ1) is 8.50. The Bertz CT molecular complexity index is 364. The van der Waals surface area contributed by atoms with Gasteiger partial charge in [-0.05, 0) is 50.1 Å². The molecular weight excluding hydrogens is 244 g/mol. The van der Waals surface area contributed by atoms with Crippen LogP contribution >= 0.6 is 11.8 Å². The zero-order valence-electron chi connectivity index (χ0n) is 11.8. The van der Waals surface area contributed by atoms with Crippen molar-refractivity contribution >= 4 is 11.8 Å². The van der Waals surface area contributed by atoms with Gasteiger partial charge >= 0.3 is 0 Å². The van der Waals surface area contributed by atoms with Crippen LogP contribution in [0.4, 0.5) is 0 Å². The Morgan fingerprint density at radius 3 is 2.67 bits per heavy atom. The zero-order valence-corrected chi connectivity index (χ0v) is 12.6. The molecule has 18 heavy (non-hydrogen) atoms. The number of aliphatic hydroxyl groups is 1. The maximum atomic E-state index is 9.37. The fourth-order valence-electron chi connectivity index (χ4n) is 1.51. The molecule has 0 aliphatic carbocycles. The summed E-state index contributed by atoms with van der Waals surface area (Å²) >= 11 is 1.80. The Hall–Kier alpha value is -0.670. The van der Waals surface area contributed by atoms with E-state index in [1.165, 1.54) is 11.1 Å². The lowest BCUT2D eigenvalue weighted by molar-refractivity contribution is 0.196. The summed E-state index contributed by atoms with van der Waals surface area (Å²) in [6.07, 6.45) is 0.768. The molecule has 0 bridgehead atoms. The van der Waals surface area contributed by atoms with Crippen molar-refractivity contribution in [2.24, 2.45) is 0 Å². The lowest BCUT2D eigenvalue weighted by atomic mass is 10.1. The molecule has 2 atom stereocenters. The molecule has 0 fully saturated rings. The van der Waals surface area contributed by atoms with Crippen LogP contribution in [0, 0.1) is 13.8 Å². The molecule has 0 aliphatic rings. The smallest absolute Gasteiger partial charge is 0.122 e. The molecule has 2 nitrogen and oxygen atoms in total. The molecule has 3 heteroatoms. The summed E-state index contributed by atoms with van der Waals surface area (Å²) in [5.41, 5.74) is 2.42. The predicted octanol–water partition coefficient (Wildman–Crippen LogP) is 3.57. The highest BCUT2D eigenvalue weighted by atomic mass is 32.2. The molecule has 1 aromatic rings. The average Bonchev–Trinajstić information content (AvgIpc) is 2.32. The zero-order chi connectivity index (χ0) is 13.5. The predicted molar refractivity (Wildman–Crippen MR) is 79.6 cm³/mol. The van der Waals surface area contributed by atoms with E-state index >= 15 is 0 Å². The molecule has 0 heterocycles. The quantitative estimate of drug-likeness (QED) is 0.767. The van der Waals surface area contributed by atoms with Crippen molar-refractivity contribution in [3.05, 3.63) is 29.3 Å². The molecule has 0 saturated heterocycles. The molecular formula is C15H24O2S. The molecule has 0 radical (unpaired) electrons. The van der Waals surface area contributed by atoms with Crippen molar-refractivity contribution in [1.29, 1.82) is 0 Å². The first-order valence-corrected chi connectivity index (χ1v) is 7.55. The second kappa shape index (κ2) is 7.70. The minimum Gasteiger partial charge on any atom is -0.493 e. The number of ether oxygens (including phenoxy) is 1. The average molecular weight is 268 g/mol. The second-order valence-corrected chi connectivity index (χ2v) is 6.27. The highest BCUT2D eigenvalue weighted by Gasteiger charge is 2.08. The summed E-state index contributed by atoms with van der Waals surface area (Å²) in [6.45, 7) is 8.78. The summed E-state index contributed by atoms with van der Waals surface area (Å²) in [7, 11) is 0. The minimum atomic E-state index is -0.241. The van der Waals surface area contributed by atoms with Gasteiger partial charge < -0.3 is 9.84 Å². The van der Waals surface area contributed by atoms with E-state index in [4.69, 9.17) is 4.74 Å². The molecule has 0 saturated carbocycles. The van der Waals surface area contributed by atoms with E-state index in [1.807, 2.05) is 6.92 Å². The van der Waals surface area contributed by atoms with Crippen molar-refractivity contribution in [1.82, 2.24) is 0 Å². The molecule has 0 amide bonds. The van der Waals surface area contributed by atoms with Gasteiger partial charge in [-0.1, -0.05) is 19.1 Å². The molecule has 0 spiro atoms. The van der Waals surface area contributed by atoms with E-state index in [0.717, 1.165) is 24.5 Å². The largest absolute Gasteiger partial charge is 0.493 e. The topological polar surface area (TPSA) is 29.5 Å². The van der Waals surface area contributed by atoms with Gasteiger partial charge in [0.2, 0.25) is 0 Å². The first kappa shape index (κ1) is 15.4. The van der Waals surface area contributed by atoms with Crippen LogP contribution in [0.3, 0.4) is 0 Å². The maximum Gasteiger partial charge on any atom is 0.122 e. The van der Waals surface area contributed by atoms with Crippen molar-refractivity contribution in [3.63, 3.8) is 0 Å². The summed E-state index contributed by atoms with van der Waals surface area (Å²) in [5.74, 6) is 2.01. The molecule has 1 rings (SSSR count). The van der Waals surface area contributed by atoms with Crippen molar-refractivity contribution < 1.29 is 9.84 Å². The Morgan fingerprint density at radius 1 is 1.28 bits per heavy atom. The molecule has 0 aromatic heterocycles. The van der Waals surface area contributed by atoms with Crippen LogP contribution in [0.2, 0.25) is 0 Å². The van der Waals surface area contributed by atoms with Gasteiger partial charge in [0.1, 0.15) is 5.75 Å². The molecule has 2 unspecified atom stereocenters. The van der Waals surface area contributed by atoms with Crippen LogP contribution in [0.15, 0.2) is 18.2 Å². The Labute approximate surface area is 115 Å². The highest BCUT2D eigenvalue weighted by molar-refractivity contribution is 7.99. The Morgan fingerprint density at radius 2 is 2.00 bits per heavy atom. The highest BCUT2D eigenvalue weighted by Crippen LogP contribution is 2.20. The van der Waals surface area contributed by atoms with Crippen LogP contribution in [-0.2, 0) is 0 Å². The van der Waals surface area contributed by atoms with Gasteiger partial charge in [-0.2, -0.15) is 11.8 Å². The van der Waals surface area contributed by atoms with Gasteiger partial charge in [0.15, 0.2) is 0 Å². The normalized spacial score (nSPS) is 14.3. The van der Waals surface area contributed by atoms with Gasteiger partial charge in [-0.3, -0.25) is 0 Å². The summed E-state index contributed by atoms with van der Waals surface area (Å²) in [5, 5.41) is 9.67. The van der Waals surface area contributed by atoms with Crippen molar-refractivity contribution in [3.8, 4) is 5.75 Å². The Kier molecular flexibility index (Phi) is 6.58. The van der Waals surface area contributed by atoms with Gasteiger partial charge in [-0.15, -0.1) is 0 Å². The Balaban J connectivity index is 2.24. The fourth-order valence-corrected chi connectivity index (χ4v) is 2.45. The molecule has 102 valence electrons. The third kappa shape index (κ3) is 5.32. The molecule has 1 N–H and O–H groups in total. The number of aliphatic hydroxyl groups excluding tert-OH is 1. The molecule has 1 aromatic carbocycles. The third-order valence-corrected chi connectivity index (χ3v) is 4.39. The van der Waals surface area contributed by atoms with Crippen LogP contribution in [-0.4, -0.2) is 28.8 Å². The SMILES string of the molecule is Cc1ccc(C)c(OCCCSC(C)C(C)O)c1. The van der Waals surface area contributed by atoms with E-state index in [-0.39, 0.29) is 6.10 Å². The van der Waals surface area contributed by atoms with Crippen molar-refractivity contribution in [2.75, 3.05) is 12.4 Å². The summed E-state index contributed by atoms with van der Waals surface area (Å²) in [6, 6.07) is 6.28.